The summed E-state index contributed by atoms with van der Waals surface area (Å²) in [6.45, 7) is 2.30. The monoisotopic (exact) mass is 283 g/mol. The molecular weight excluding hydrogens is 266 g/mol. The highest BCUT2D eigenvalue weighted by atomic mass is 16.7. The summed E-state index contributed by atoms with van der Waals surface area (Å²) in [5, 5.41) is 0. The van der Waals surface area contributed by atoms with Gasteiger partial charge in [0, 0.05) is 22.9 Å². The molecule has 21 heavy (non-hydrogen) atoms. The number of hydrogen-bond donors (Lipinski definition) is 1. The fourth-order valence-corrected chi connectivity index (χ4v) is 2.42. The lowest BCUT2D eigenvalue weighted by atomic mass is 9.99. The Bertz CT molecular complexity index is 677. The molecule has 0 spiro atoms. The number of carbonyl (C=O) groups excluding carboxylic acids is 1. The first-order valence-electron chi connectivity index (χ1n) is 7.02. The summed E-state index contributed by atoms with van der Waals surface area (Å²) in [7, 11) is 0. The van der Waals surface area contributed by atoms with Crippen molar-refractivity contribution >= 4 is 11.5 Å². The third-order valence-corrected chi connectivity index (χ3v) is 3.54. The lowest BCUT2D eigenvalue weighted by molar-refractivity contribution is 0.103. The van der Waals surface area contributed by atoms with Gasteiger partial charge in [-0.2, -0.15) is 0 Å². The second-order valence-corrected chi connectivity index (χ2v) is 5.07. The summed E-state index contributed by atoms with van der Waals surface area (Å²) in [6, 6.07) is 11.0. The number of anilines is 1. The summed E-state index contributed by atoms with van der Waals surface area (Å²) in [5.41, 5.74) is 8.66. The smallest absolute Gasteiger partial charge is 0.231 e. The van der Waals surface area contributed by atoms with Crippen molar-refractivity contribution in [1.82, 2.24) is 0 Å². The van der Waals surface area contributed by atoms with Gasteiger partial charge in [-0.1, -0.05) is 37.6 Å². The summed E-state index contributed by atoms with van der Waals surface area (Å²) < 4.78 is 10.6. The van der Waals surface area contributed by atoms with Crippen LogP contribution in [-0.4, -0.2) is 12.6 Å². The van der Waals surface area contributed by atoms with Crippen LogP contribution in [0.4, 0.5) is 5.69 Å². The SMILES string of the molecule is CCCc1ccc(C(=O)c2cc3c(cc2N)OCO3)cc1. The zero-order valence-electron chi connectivity index (χ0n) is 11.9. The van der Waals surface area contributed by atoms with Crippen LogP contribution in [0, 0.1) is 0 Å². The van der Waals surface area contributed by atoms with Crippen molar-refractivity contribution in [1.29, 1.82) is 0 Å². The van der Waals surface area contributed by atoms with Gasteiger partial charge in [-0.05, 0) is 18.1 Å². The minimum Gasteiger partial charge on any atom is -0.454 e. The molecule has 1 heterocycles. The minimum absolute atomic E-state index is 0.103. The van der Waals surface area contributed by atoms with Crippen LogP contribution in [0.25, 0.3) is 0 Å². The van der Waals surface area contributed by atoms with Crippen molar-refractivity contribution in [2.45, 2.75) is 19.8 Å². The number of ether oxygens (including phenoxy) is 2. The maximum Gasteiger partial charge on any atom is 0.231 e. The van der Waals surface area contributed by atoms with E-state index in [-0.39, 0.29) is 12.6 Å². The van der Waals surface area contributed by atoms with Gasteiger partial charge in [0.25, 0.3) is 0 Å². The Morgan fingerprint density at radius 2 is 1.81 bits per heavy atom. The van der Waals surface area contributed by atoms with Crippen molar-refractivity contribution in [2.75, 3.05) is 12.5 Å². The largest absolute Gasteiger partial charge is 0.454 e. The van der Waals surface area contributed by atoms with Crippen molar-refractivity contribution in [3.05, 3.63) is 53.1 Å². The zero-order valence-corrected chi connectivity index (χ0v) is 11.9. The van der Waals surface area contributed by atoms with Gasteiger partial charge < -0.3 is 15.2 Å². The first-order valence-corrected chi connectivity index (χ1v) is 7.02. The first-order chi connectivity index (χ1) is 10.2. The molecule has 0 aromatic heterocycles. The summed E-state index contributed by atoms with van der Waals surface area (Å²) >= 11 is 0. The number of nitrogen functional groups attached to an aromatic ring is 1. The molecule has 0 atom stereocenters. The molecule has 2 aromatic carbocycles. The second kappa shape index (κ2) is 5.48. The molecule has 0 amide bonds. The molecule has 0 fully saturated rings. The molecule has 2 aromatic rings. The first kappa shape index (κ1) is 13.5. The lowest BCUT2D eigenvalue weighted by Crippen LogP contribution is -2.05. The highest BCUT2D eigenvalue weighted by molar-refractivity contribution is 6.12. The average Bonchev–Trinajstić information content (AvgIpc) is 2.94. The van der Waals surface area contributed by atoms with E-state index in [4.69, 9.17) is 15.2 Å². The molecule has 0 aliphatic carbocycles. The van der Waals surface area contributed by atoms with Crippen LogP contribution in [0.1, 0.15) is 34.8 Å². The number of rotatable bonds is 4. The van der Waals surface area contributed by atoms with Gasteiger partial charge in [0.1, 0.15) is 0 Å². The molecular formula is C17H17NO3. The molecule has 1 aliphatic rings. The third kappa shape index (κ3) is 2.57. The van der Waals surface area contributed by atoms with E-state index in [0.29, 0.717) is 28.3 Å². The van der Waals surface area contributed by atoms with Crippen LogP contribution in [0.3, 0.4) is 0 Å². The molecule has 0 saturated heterocycles. The maximum atomic E-state index is 12.6. The van der Waals surface area contributed by atoms with Crippen molar-refractivity contribution < 1.29 is 14.3 Å². The van der Waals surface area contributed by atoms with Crippen molar-refractivity contribution in [3.63, 3.8) is 0 Å². The van der Waals surface area contributed by atoms with Gasteiger partial charge in [0.05, 0.1) is 0 Å². The standard InChI is InChI=1S/C17H17NO3/c1-2-3-11-4-6-12(7-5-11)17(19)13-8-15-16(9-14(13)18)21-10-20-15/h4-9H,2-3,10,18H2,1H3. The van der Waals surface area contributed by atoms with Crippen molar-refractivity contribution in [2.24, 2.45) is 0 Å². The van der Waals surface area contributed by atoms with Crippen LogP contribution in [0.2, 0.25) is 0 Å². The quantitative estimate of drug-likeness (QED) is 0.691. The predicted molar refractivity (Wildman–Crippen MR) is 80.8 cm³/mol. The Hall–Kier alpha value is -2.49. The van der Waals surface area contributed by atoms with E-state index in [1.807, 2.05) is 24.3 Å². The number of fused-ring (bicyclic) bond motifs is 1. The van der Waals surface area contributed by atoms with Crippen molar-refractivity contribution in [3.8, 4) is 11.5 Å². The van der Waals surface area contributed by atoms with Crippen LogP contribution in [-0.2, 0) is 6.42 Å². The van der Waals surface area contributed by atoms with Crippen LogP contribution in [0.15, 0.2) is 36.4 Å². The molecule has 4 nitrogen and oxygen atoms in total. The maximum absolute atomic E-state index is 12.6. The topological polar surface area (TPSA) is 61.6 Å². The van der Waals surface area contributed by atoms with E-state index in [1.54, 1.807) is 12.1 Å². The van der Waals surface area contributed by atoms with Crippen LogP contribution >= 0.6 is 0 Å². The zero-order chi connectivity index (χ0) is 14.8. The molecule has 0 unspecified atom stereocenters. The van der Waals surface area contributed by atoms with Gasteiger partial charge in [0.15, 0.2) is 17.3 Å². The van der Waals surface area contributed by atoms with Gasteiger partial charge >= 0.3 is 0 Å². The van der Waals surface area contributed by atoms with E-state index in [9.17, 15) is 4.79 Å². The Morgan fingerprint density at radius 1 is 1.14 bits per heavy atom. The van der Waals surface area contributed by atoms with E-state index in [1.165, 1.54) is 5.56 Å². The summed E-state index contributed by atoms with van der Waals surface area (Å²) in [5.74, 6) is 1.05. The summed E-state index contributed by atoms with van der Waals surface area (Å²) in [6.07, 6.45) is 2.10. The number of benzene rings is 2. The Labute approximate surface area is 123 Å². The number of ketones is 1. The van der Waals surface area contributed by atoms with Gasteiger partial charge in [-0.3, -0.25) is 4.79 Å². The van der Waals surface area contributed by atoms with E-state index in [2.05, 4.69) is 6.92 Å². The van der Waals surface area contributed by atoms with Crippen LogP contribution in [0.5, 0.6) is 11.5 Å². The Balaban J connectivity index is 1.91. The number of aryl methyl sites for hydroxylation is 1. The van der Waals surface area contributed by atoms with E-state index >= 15 is 0 Å². The fraction of sp³-hybridized carbons (Fsp3) is 0.235. The second-order valence-electron chi connectivity index (χ2n) is 5.07. The highest BCUT2D eigenvalue weighted by Gasteiger charge is 2.20. The molecule has 0 saturated carbocycles. The van der Waals surface area contributed by atoms with E-state index < -0.39 is 0 Å². The minimum atomic E-state index is -0.103. The van der Waals surface area contributed by atoms with Gasteiger partial charge in [-0.25, -0.2) is 0 Å². The van der Waals surface area contributed by atoms with Gasteiger partial charge in [0.2, 0.25) is 6.79 Å². The summed E-state index contributed by atoms with van der Waals surface area (Å²) in [4.78, 5) is 12.6. The number of carbonyl (C=O) groups is 1. The number of nitrogens with two attached hydrogens (primary N) is 1. The highest BCUT2D eigenvalue weighted by Crippen LogP contribution is 2.36. The number of hydrogen-bond acceptors (Lipinski definition) is 4. The Morgan fingerprint density at radius 3 is 2.48 bits per heavy atom. The molecule has 3 rings (SSSR count). The molecule has 0 bridgehead atoms. The predicted octanol–water partition coefficient (Wildman–Crippen LogP) is 3.18. The van der Waals surface area contributed by atoms with Gasteiger partial charge in [-0.15, -0.1) is 0 Å². The average molecular weight is 283 g/mol. The molecule has 0 radical (unpaired) electrons. The molecule has 4 heteroatoms. The fourth-order valence-electron chi connectivity index (χ4n) is 2.42. The Kier molecular flexibility index (Phi) is 3.52. The van der Waals surface area contributed by atoms with E-state index in [0.717, 1.165) is 12.8 Å². The molecule has 2 N–H and O–H groups in total. The third-order valence-electron chi connectivity index (χ3n) is 3.54. The molecule has 1 aliphatic heterocycles. The normalized spacial score (nSPS) is 12.4. The molecule has 108 valence electrons. The lowest BCUT2D eigenvalue weighted by Gasteiger charge is -2.07. The van der Waals surface area contributed by atoms with Crippen LogP contribution < -0.4 is 15.2 Å².